The van der Waals surface area contributed by atoms with E-state index in [9.17, 15) is 4.79 Å². The molecule has 0 saturated carbocycles. The zero-order valence-corrected chi connectivity index (χ0v) is 9.21. The lowest BCUT2D eigenvalue weighted by atomic mass is 9.92. The summed E-state index contributed by atoms with van der Waals surface area (Å²) in [6.45, 7) is 7.54. The van der Waals surface area contributed by atoms with E-state index in [1.807, 2.05) is 6.92 Å². The predicted molar refractivity (Wildman–Crippen MR) is 54.7 cm³/mol. The lowest BCUT2D eigenvalue weighted by Crippen LogP contribution is -2.32. The molecule has 13 heavy (non-hydrogen) atoms. The molecule has 0 aromatic rings. The molecule has 0 aromatic carbocycles. The monoisotopic (exact) mass is 183 g/mol. The zero-order valence-electron chi connectivity index (χ0n) is 9.21. The van der Waals surface area contributed by atoms with Gasteiger partial charge in [0.25, 0.3) is 0 Å². The molecule has 1 aliphatic heterocycles. The number of ketones is 1. The number of Topliss-reactive ketones (excluding diaryl/α,β-unsaturated/α-hetero) is 1. The van der Waals surface area contributed by atoms with Gasteiger partial charge in [0.1, 0.15) is 5.78 Å². The zero-order chi connectivity index (χ0) is 10.0. The molecule has 0 N–H and O–H groups in total. The summed E-state index contributed by atoms with van der Waals surface area (Å²) in [6.07, 6.45) is 1.75. The van der Waals surface area contributed by atoms with Crippen LogP contribution in [0.5, 0.6) is 0 Å². The van der Waals surface area contributed by atoms with E-state index in [1.54, 1.807) is 0 Å². The van der Waals surface area contributed by atoms with Crippen molar-refractivity contribution in [1.82, 2.24) is 4.90 Å². The van der Waals surface area contributed by atoms with Crippen LogP contribution in [0.2, 0.25) is 0 Å². The summed E-state index contributed by atoms with van der Waals surface area (Å²) in [5, 5.41) is 0. The van der Waals surface area contributed by atoms with Gasteiger partial charge in [0.05, 0.1) is 6.04 Å². The Morgan fingerprint density at radius 2 is 2.15 bits per heavy atom. The normalized spacial score (nSPS) is 29.9. The first-order valence-corrected chi connectivity index (χ1v) is 5.29. The van der Waals surface area contributed by atoms with Gasteiger partial charge in [-0.15, -0.1) is 0 Å². The SMILES string of the molecule is CCC(=O)[C@@H]1C[C@H](C(C)C)CN1C. The summed E-state index contributed by atoms with van der Waals surface area (Å²) in [7, 11) is 2.07. The second-order valence-corrected chi connectivity index (χ2v) is 4.52. The van der Waals surface area contributed by atoms with E-state index in [1.165, 1.54) is 0 Å². The number of hydrogen-bond acceptors (Lipinski definition) is 2. The van der Waals surface area contributed by atoms with Crippen molar-refractivity contribution in [3.63, 3.8) is 0 Å². The molecule has 1 saturated heterocycles. The molecule has 1 heterocycles. The summed E-state index contributed by atoms with van der Waals surface area (Å²) < 4.78 is 0. The van der Waals surface area contributed by atoms with E-state index in [-0.39, 0.29) is 6.04 Å². The first-order valence-electron chi connectivity index (χ1n) is 5.29. The maximum absolute atomic E-state index is 11.6. The van der Waals surface area contributed by atoms with Crippen molar-refractivity contribution in [2.24, 2.45) is 11.8 Å². The highest BCUT2D eigenvalue weighted by Crippen LogP contribution is 2.28. The van der Waals surface area contributed by atoms with Gasteiger partial charge in [0.15, 0.2) is 0 Å². The highest BCUT2D eigenvalue weighted by Gasteiger charge is 2.34. The van der Waals surface area contributed by atoms with Crippen LogP contribution in [0, 0.1) is 11.8 Å². The Labute approximate surface area is 81.3 Å². The fraction of sp³-hybridized carbons (Fsp3) is 0.909. The van der Waals surface area contributed by atoms with Gasteiger partial charge in [-0.2, -0.15) is 0 Å². The van der Waals surface area contributed by atoms with E-state index in [2.05, 4.69) is 25.8 Å². The quantitative estimate of drug-likeness (QED) is 0.666. The molecule has 0 aliphatic carbocycles. The third-order valence-corrected chi connectivity index (χ3v) is 3.24. The molecule has 1 aliphatic rings. The Morgan fingerprint density at radius 3 is 2.54 bits per heavy atom. The Balaban J connectivity index is 2.56. The van der Waals surface area contributed by atoms with Crippen LogP contribution in [0.15, 0.2) is 0 Å². The summed E-state index contributed by atoms with van der Waals surface area (Å²) in [5.74, 6) is 1.83. The van der Waals surface area contributed by atoms with Crippen LogP contribution < -0.4 is 0 Å². The van der Waals surface area contributed by atoms with Crippen LogP contribution >= 0.6 is 0 Å². The highest BCUT2D eigenvalue weighted by molar-refractivity contribution is 5.84. The van der Waals surface area contributed by atoms with Crippen LogP contribution in [0.25, 0.3) is 0 Å². The summed E-state index contributed by atoms with van der Waals surface area (Å²) in [5.41, 5.74) is 0. The van der Waals surface area contributed by atoms with E-state index in [0.29, 0.717) is 24.0 Å². The van der Waals surface area contributed by atoms with Gasteiger partial charge in [0.2, 0.25) is 0 Å². The molecule has 76 valence electrons. The molecule has 0 unspecified atom stereocenters. The fourth-order valence-electron chi connectivity index (χ4n) is 2.13. The first kappa shape index (κ1) is 10.7. The average molecular weight is 183 g/mol. The number of rotatable bonds is 3. The second-order valence-electron chi connectivity index (χ2n) is 4.52. The van der Waals surface area contributed by atoms with Crippen molar-refractivity contribution in [3.8, 4) is 0 Å². The molecule has 0 radical (unpaired) electrons. The molecule has 1 rings (SSSR count). The van der Waals surface area contributed by atoms with Gasteiger partial charge >= 0.3 is 0 Å². The van der Waals surface area contributed by atoms with Crippen LogP contribution in [0.4, 0.5) is 0 Å². The minimum Gasteiger partial charge on any atom is -0.298 e. The lowest BCUT2D eigenvalue weighted by molar-refractivity contribution is -0.122. The molecular formula is C11H21NO. The highest BCUT2D eigenvalue weighted by atomic mass is 16.1. The Morgan fingerprint density at radius 1 is 1.54 bits per heavy atom. The van der Waals surface area contributed by atoms with Crippen molar-refractivity contribution in [1.29, 1.82) is 0 Å². The van der Waals surface area contributed by atoms with Crippen LogP contribution in [-0.2, 0) is 4.79 Å². The molecule has 0 amide bonds. The minimum atomic E-state index is 0.206. The number of carbonyl (C=O) groups is 1. The first-order chi connectivity index (χ1) is 6.06. The Kier molecular flexibility index (Phi) is 3.48. The van der Waals surface area contributed by atoms with Crippen molar-refractivity contribution in [2.75, 3.05) is 13.6 Å². The number of likely N-dealkylation sites (N-methyl/N-ethyl adjacent to an activating group) is 1. The maximum Gasteiger partial charge on any atom is 0.149 e. The summed E-state index contributed by atoms with van der Waals surface area (Å²) >= 11 is 0. The standard InChI is InChI=1S/C11H21NO/c1-5-11(13)10-6-9(8(2)3)7-12(10)4/h8-10H,5-7H2,1-4H3/t9-,10-/m0/s1. The average Bonchev–Trinajstić information content (AvgIpc) is 2.46. The Hall–Kier alpha value is -0.370. The topological polar surface area (TPSA) is 20.3 Å². The van der Waals surface area contributed by atoms with Gasteiger partial charge in [-0.05, 0) is 25.3 Å². The van der Waals surface area contributed by atoms with E-state index in [4.69, 9.17) is 0 Å². The predicted octanol–water partition coefficient (Wildman–Crippen LogP) is 1.94. The smallest absolute Gasteiger partial charge is 0.149 e. The van der Waals surface area contributed by atoms with Crippen LogP contribution in [0.3, 0.4) is 0 Å². The number of likely N-dealkylation sites (tertiary alicyclic amines) is 1. The second kappa shape index (κ2) is 4.23. The van der Waals surface area contributed by atoms with Crippen molar-refractivity contribution < 1.29 is 4.79 Å². The molecule has 0 bridgehead atoms. The van der Waals surface area contributed by atoms with E-state index >= 15 is 0 Å². The largest absolute Gasteiger partial charge is 0.298 e. The molecule has 1 fully saturated rings. The van der Waals surface area contributed by atoms with Crippen molar-refractivity contribution in [2.45, 2.75) is 39.7 Å². The number of nitrogens with zero attached hydrogens (tertiary/aromatic N) is 1. The van der Waals surface area contributed by atoms with E-state index in [0.717, 1.165) is 13.0 Å². The van der Waals surface area contributed by atoms with Crippen molar-refractivity contribution in [3.05, 3.63) is 0 Å². The third-order valence-electron chi connectivity index (χ3n) is 3.24. The molecular weight excluding hydrogens is 162 g/mol. The molecule has 2 nitrogen and oxygen atoms in total. The summed E-state index contributed by atoms with van der Waals surface area (Å²) in [4.78, 5) is 13.8. The summed E-state index contributed by atoms with van der Waals surface area (Å²) in [6, 6.07) is 0.206. The Bertz CT molecular complexity index is 189. The maximum atomic E-state index is 11.6. The molecule has 2 atom stereocenters. The van der Waals surface area contributed by atoms with E-state index < -0.39 is 0 Å². The van der Waals surface area contributed by atoms with Gasteiger partial charge in [-0.3, -0.25) is 9.69 Å². The fourth-order valence-corrected chi connectivity index (χ4v) is 2.13. The minimum absolute atomic E-state index is 0.206. The van der Waals surface area contributed by atoms with Crippen molar-refractivity contribution >= 4 is 5.78 Å². The van der Waals surface area contributed by atoms with Gasteiger partial charge in [-0.25, -0.2) is 0 Å². The molecule has 0 aromatic heterocycles. The van der Waals surface area contributed by atoms with Gasteiger partial charge in [0, 0.05) is 13.0 Å². The third kappa shape index (κ3) is 2.31. The van der Waals surface area contributed by atoms with Crippen LogP contribution in [0.1, 0.15) is 33.6 Å². The van der Waals surface area contributed by atoms with Gasteiger partial charge < -0.3 is 0 Å². The van der Waals surface area contributed by atoms with Gasteiger partial charge in [-0.1, -0.05) is 20.8 Å². The molecule has 2 heteroatoms. The number of carbonyl (C=O) groups excluding carboxylic acids is 1. The van der Waals surface area contributed by atoms with Crippen LogP contribution in [-0.4, -0.2) is 30.3 Å². The molecule has 0 spiro atoms. The lowest BCUT2D eigenvalue weighted by Gasteiger charge is -2.16. The number of hydrogen-bond donors (Lipinski definition) is 0.